The molecule has 2 rings (SSSR count). The number of amides is 1. The first-order chi connectivity index (χ1) is 9.15. The maximum Gasteiger partial charge on any atom is 0.254 e. The Morgan fingerprint density at radius 3 is 2.89 bits per heavy atom. The fourth-order valence-electron chi connectivity index (χ4n) is 1.94. The van der Waals surface area contributed by atoms with E-state index in [0.29, 0.717) is 35.7 Å². The first-order valence-corrected chi connectivity index (χ1v) is 6.68. The fraction of sp³-hybridized carbons (Fsp3) is 0.538. The lowest BCUT2D eigenvalue weighted by Gasteiger charge is -2.22. The van der Waals surface area contributed by atoms with Crippen molar-refractivity contribution in [2.45, 2.75) is 18.9 Å². The smallest absolute Gasteiger partial charge is 0.254 e. The zero-order chi connectivity index (χ0) is 13.8. The molecule has 0 aliphatic heterocycles. The Labute approximate surface area is 117 Å². The van der Waals surface area contributed by atoms with Gasteiger partial charge in [-0.3, -0.25) is 4.79 Å². The summed E-state index contributed by atoms with van der Waals surface area (Å²) in [6.07, 6.45) is 2.13. The van der Waals surface area contributed by atoms with Crippen molar-refractivity contribution >= 4 is 23.3 Å². The number of carbonyl (C=O) groups is 1. The highest BCUT2D eigenvalue weighted by atomic mass is 35.5. The van der Waals surface area contributed by atoms with Crippen LogP contribution in [-0.2, 0) is 4.74 Å². The van der Waals surface area contributed by atoms with Crippen molar-refractivity contribution in [3.8, 4) is 0 Å². The lowest BCUT2D eigenvalue weighted by Crippen LogP contribution is -2.35. The third-order valence-electron chi connectivity index (χ3n) is 3.08. The number of halogens is 1. The monoisotopic (exact) mass is 283 g/mol. The van der Waals surface area contributed by atoms with Crippen LogP contribution in [0.1, 0.15) is 23.2 Å². The zero-order valence-electron chi connectivity index (χ0n) is 11.1. The summed E-state index contributed by atoms with van der Waals surface area (Å²) in [5, 5.41) is 3.22. The number of hydrogen-bond donors (Lipinski definition) is 1. The van der Waals surface area contributed by atoms with E-state index in [1.807, 2.05) is 4.90 Å². The third kappa shape index (κ3) is 3.58. The van der Waals surface area contributed by atoms with Gasteiger partial charge in [-0.15, -0.1) is 0 Å². The van der Waals surface area contributed by atoms with Crippen LogP contribution in [0.3, 0.4) is 0 Å². The Kier molecular flexibility index (Phi) is 4.61. The third-order valence-corrected chi connectivity index (χ3v) is 3.28. The lowest BCUT2D eigenvalue weighted by atomic mass is 10.2. The molecule has 1 aliphatic rings. The minimum absolute atomic E-state index is 0.0136. The number of nitrogens with zero attached hydrogens (tertiary/aromatic N) is 2. The number of anilines is 1. The Morgan fingerprint density at radius 2 is 2.32 bits per heavy atom. The minimum atomic E-state index is -0.0136. The van der Waals surface area contributed by atoms with Gasteiger partial charge in [0.25, 0.3) is 5.91 Å². The number of rotatable bonds is 6. The summed E-state index contributed by atoms with van der Waals surface area (Å²) in [5.74, 6) is 0.582. The number of hydrogen-bond acceptors (Lipinski definition) is 4. The van der Waals surface area contributed by atoms with Crippen LogP contribution in [0, 0.1) is 0 Å². The van der Waals surface area contributed by atoms with E-state index < -0.39 is 0 Å². The zero-order valence-corrected chi connectivity index (χ0v) is 11.9. The Balaban J connectivity index is 2.18. The molecule has 1 aromatic rings. The SMILES string of the molecule is CNc1cc(C(=O)N(CCOC)C2CC2)cc(Cl)n1. The molecule has 1 N–H and O–H groups in total. The summed E-state index contributed by atoms with van der Waals surface area (Å²) < 4.78 is 5.06. The molecule has 1 aliphatic carbocycles. The molecular weight excluding hydrogens is 266 g/mol. The molecule has 104 valence electrons. The average Bonchev–Trinajstić information content (AvgIpc) is 3.22. The molecule has 1 fully saturated rings. The molecule has 6 heteroatoms. The Bertz CT molecular complexity index is 463. The van der Waals surface area contributed by atoms with Gasteiger partial charge in [0.2, 0.25) is 0 Å². The van der Waals surface area contributed by atoms with Crippen LogP contribution in [0.15, 0.2) is 12.1 Å². The van der Waals surface area contributed by atoms with Gasteiger partial charge in [0, 0.05) is 32.3 Å². The predicted molar refractivity (Wildman–Crippen MR) is 74.7 cm³/mol. The van der Waals surface area contributed by atoms with Crippen LogP contribution in [-0.4, -0.2) is 49.1 Å². The standard InChI is InChI=1S/C13H18ClN3O2/c1-15-12-8-9(7-11(14)16-12)13(18)17(5-6-19-2)10-3-4-10/h7-8,10H,3-6H2,1-2H3,(H,15,16). The molecule has 5 nitrogen and oxygen atoms in total. The van der Waals surface area contributed by atoms with E-state index in [1.54, 1.807) is 26.3 Å². The van der Waals surface area contributed by atoms with Crippen molar-refractivity contribution in [2.75, 3.05) is 32.6 Å². The molecule has 0 atom stereocenters. The van der Waals surface area contributed by atoms with Gasteiger partial charge in [-0.05, 0) is 25.0 Å². The number of nitrogens with one attached hydrogen (secondary N) is 1. The number of pyridine rings is 1. The maximum absolute atomic E-state index is 12.5. The number of aromatic nitrogens is 1. The second-order valence-electron chi connectivity index (χ2n) is 4.54. The van der Waals surface area contributed by atoms with Gasteiger partial charge in [0.1, 0.15) is 11.0 Å². The van der Waals surface area contributed by atoms with Gasteiger partial charge in [-0.25, -0.2) is 4.98 Å². The van der Waals surface area contributed by atoms with Crippen molar-refractivity contribution in [3.63, 3.8) is 0 Å². The topological polar surface area (TPSA) is 54.5 Å². The van der Waals surface area contributed by atoms with Gasteiger partial charge in [0.05, 0.1) is 6.61 Å². The Hall–Kier alpha value is -1.33. The summed E-state index contributed by atoms with van der Waals surface area (Å²) in [5.41, 5.74) is 0.562. The molecular formula is C13H18ClN3O2. The summed E-state index contributed by atoms with van der Waals surface area (Å²) in [6.45, 7) is 1.15. The van der Waals surface area contributed by atoms with Gasteiger partial charge in [-0.1, -0.05) is 11.6 Å². The molecule has 0 radical (unpaired) electrons. The predicted octanol–water partition coefficient (Wildman–Crippen LogP) is 2.03. The van der Waals surface area contributed by atoms with Gasteiger partial charge in [0.15, 0.2) is 0 Å². The van der Waals surface area contributed by atoms with E-state index >= 15 is 0 Å². The quantitative estimate of drug-likeness (QED) is 0.812. The molecule has 1 aromatic heterocycles. The van der Waals surface area contributed by atoms with Crippen LogP contribution in [0.4, 0.5) is 5.82 Å². The summed E-state index contributed by atoms with van der Waals surface area (Å²) in [7, 11) is 3.38. The summed E-state index contributed by atoms with van der Waals surface area (Å²) >= 11 is 5.93. The van der Waals surface area contributed by atoms with Crippen LogP contribution < -0.4 is 5.32 Å². The van der Waals surface area contributed by atoms with E-state index in [-0.39, 0.29) is 5.91 Å². The molecule has 1 amide bonds. The normalized spacial score (nSPS) is 14.3. The average molecular weight is 284 g/mol. The van der Waals surface area contributed by atoms with E-state index in [1.165, 1.54) is 0 Å². The molecule has 0 bridgehead atoms. The second-order valence-corrected chi connectivity index (χ2v) is 4.92. The fourth-order valence-corrected chi connectivity index (χ4v) is 2.15. The van der Waals surface area contributed by atoms with Crippen LogP contribution in [0.5, 0.6) is 0 Å². The maximum atomic E-state index is 12.5. The second kappa shape index (κ2) is 6.21. The lowest BCUT2D eigenvalue weighted by molar-refractivity contribution is 0.0680. The summed E-state index contributed by atoms with van der Waals surface area (Å²) in [4.78, 5) is 18.4. The molecule has 19 heavy (non-hydrogen) atoms. The van der Waals surface area contributed by atoms with Crippen molar-refractivity contribution < 1.29 is 9.53 Å². The highest BCUT2D eigenvalue weighted by Gasteiger charge is 2.32. The largest absolute Gasteiger partial charge is 0.383 e. The molecule has 0 spiro atoms. The van der Waals surface area contributed by atoms with Crippen molar-refractivity contribution in [1.82, 2.24) is 9.88 Å². The van der Waals surface area contributed by atoms with Gasteiger partial charge >= 0.3 is 0 Å². The molecule has 1 heterocycles. The van der Waals surface area contributed by atoms with Crippen molar-refractivity contribution in [2.24, 2.45) is 0 Å². The first-order valence-electron chi connectivity index (χ1n) is 6.31. The van der Waals surface area contributed by atoms with Crippen LogP contribution in [0.25, 0.3) is 0 Å². The van der Waals surface area contributed by atoms with Gasteiger partial charge in [-0.2, -0.15) is 0 Å². The molecule has 0 unspecified atom stereocenters. The Morgan fingerprint density at radius 1 is 1.58 bits per heavy atom. The minimum Gasteiger partial charge on any atom is -0.383 e. The number of carbonyl (C=O) groups excluding carboxylic acids is 1. The highest BCUT2D eigenvalue weighted by Crippen LogP contribution is 2.28. The summed E-state index contributed by atoms with van der Waals surface area (Å²) in [6, 6.07) is 3.66. The van der Waals surface area contributed by atoms with Crippen LogP contribution in [0.2, 0.25) is 5.15 Å². The molecule has 0 saturated heterocycles. The molecule has 1 saturated carbocycles. The van der Waals surface area contributed by atoms with E-state index in [2.05, 4.69) is 10.3 Å². The van der Waals surface area contributed by atoms with Crippen molar-refractivity contribution in [1.29, 1.82) is 0 Å². The van der Waals surface area contributed by atoms with Crippen molar-refractivity contribution in [3.05, 3.63) is 22.8 Å². The van der Waals surface area contributed by atoms with Gasteiger partial charge < -0.3 is 15.0 Å². The first kappa shape index (κ1) is 14.1. The van der Waals surface area contributed by atoms with E-state index in [4.69, 9.17) is 16.3 Å². The number of methoxy groups -OCH3 is 1. The van der Waals surface area contributed by atoms with E-state index in [0.717, 1.165) is 12.8 Å². The van der Waals surface area contributed by atoms with E-state index in [9.17, 15) is 4.79 Å². The highest BCUT2D eigenvalue weighted by molar-refractivity contribution is 6.29. The van der Waals surface area contributed by atoms with Crippen LogP contribution >= 0.6 is 11.6 Å². The number of ether oxygens (including phenoxy) is 1. The molecule has 0 aromatic carbocycles.